The Bertz CT molecular complexity index is 794. The number of carbonyl (C=O) groups excluding carboxylic acids is 1. The normalized spacial score (nSPS) is 10.8. The van der Waals surface area contributed by atoms with Gasteiger partial charge in [-0.2, -0.15) is 4.98 Å². The summed E-state index contributed by atoms with van der Waals surface area (Å²) in [7, 11) is 0. The van der Waals surface area contributed by atoms with Gasteiger partial charge in [-0.25, -0.2) is 0 Å². The number of aromatic nitrogens is 1. The van der Waals surface area contributed by atoms with E-state index in [0.29, 0.717) is 12.4 Å². The van der Waals surface area contributed by atoms with Crippen LogP contribution in [0.25, 0.3) is 11.1 Å². The molecule has 2 aromatic carbocycles. The summed E-state index contributed by atoms with van der Waals surface area (Å²) < 4.78 is 5.80. The van der Waals surface area contributed by atoms with Gasteiger partial charge in [-0.05, 0) is 58.8 Å². The second kappa shape index (κ2) is 5.85. The number of fused-ring (bicyclic) bond motifs is 1. The second-order valence-corrected chi connectivity index (χ2v) is 6.00. The first kappa shape index (κ1) is 14.1. The fourth-order valence-corrected chi connectivity index (χ4v) is 2.57. The maximum absolute atomic E-state index is 11.1. The number of hydrogen-bond donors (Lipinski definition) is 1. The Kier molecular flexibility index (Phi) is 3.92. The van der Waals surface area contributed by atoms with E-state index >= 15 is 0 Å². The zero-order valence-electron chi connectivity index (χ0n) is 11.4. The Balaban J connectivity index is 1.81. The molecule has 0 aliphatic rings. The minimum Gasteiger partial charge on any atom is -0.423 e. The van der Waals surface area contributed by atoms with Crippen LogP contribution in [0.3, 0.4) is 0 Å². The van der Waals surface area contributed by atoms with Crippen molar-refractivity contribution in [1.82, 2.24) is 4.98 Å². The number of benzene rings is 2. The van der Waals surface area contributed by atoms with Crippen molar-refractivity contribution in [2.45, 2.75) is 13.3 Å². The smallest absolute Gasteiger partial charge is 0.300 e. The van der Waals surface area contributed by atoms with E-state index < -0.39 is 0 Å². The van der Waals surface area contributed by atoms with Crippen molar-refractivity contribution < 1.29 is 9.21 Å². The predicted molar refractivity (Wildman–Crippen MR) is 91.2 cm³/mol. The van der Waals surface area contributed by atoms with E-state index in [-0.39, 0.29) is 3.79 Å². The number of rotatable bonds is 4. The zero-order chi connectivity index (χ0) is 14.8. The van der Waals surface area contributed by atoms with Gasteiger partial charge in [0.1, 0.15) is 5.52 Å². The van der Waals surface area contributed by atoms with Crippen LogP contribution < -0.4 is 5.32 Å². The largest absolute Gasteiger partial charge is 0.423 e. The van der Waals surface area contributed by atoms with Crippen molar-refractivity contribution in [2.75, 3.05) is 5.32 Å². The van der Waals surface area contributed by atoms with E-state index in [1.807, 2.05) is 49.4 Å². The lowest BCUT2D eigenvalue weighted by Crippen LogP contribution is -1.94. The van der Waals surface area contributed by atoms with Crippen LogP contribution in [0.4, 0.5) is 11.7 Å². The molecule has 0 aliphatic carbocycles. The molecule has 0 saturated heterocycles. The van der Waals surface area contributed by atoms with Gasteiger partial charge in [0.05, 0.1) is 0 Å². The van der Waals surface area contributed by atoms with Crippen LogP contribution in [0.5, 0.6) is 0 Å². The summed E-state index contributed by atoms with van der Waals surface area (Å²) in [6.07, 6.45) is 0.447. The molecule has 1 N–H and O–H groups in total. The lowest BCUT2D eigenvalue weighted by atomic mass is 10.1. The number of nitrogens with one attached hydrogen (secondary N) is 1. The molecule has 0 atom stereocenters. The fourth-order valence-electron chi connectivity index (χ4n) is 2.13. The van der Waals surface area contributed by atoms with Crippen molar-refractivity contribution >= 4 is 49.2 Å². The number of para-hydroxylation sites is 1. The monoisotopic (exact) mass is 392 g/mol. The van der Waals surface area contributed by atoms with Crippen molar-refractivity contribution in [2.24, 2.45) is 0 Å². The number of nitrogens with zero attached hydrogens (tertiary/aromatic N) is 1. The van der Waals surface area contributed by atoms with E-state index in [4.69, 9.17) is 4.42 Å². The molecule has 1 aromatic heterocycles. The molecule has 3 rings (SSSR count). The van der Waals surface area contributed by atoms with E-state index in [1.54, 1.807) is 22.6 Å². The lowest BCUT2D eigenvalue weighted by molar-refractivity contribution is -0.108. The van der Waals surface area contributed by atoms with Crippen molar-refractivity contribution in [3.8, 4) is 0 Å². The highest BCUT2D eigenvalue weighted by Crippen LogP contribution is 2.24. The first-order valence-electron chi connectivity index (χ1n) is 6.52. The van der Waals surface area contributed by atoms with E-state index in [9.17, 15) is 4.79 Å². The minimum atomic E-state index is 0.128. The molecule has 0 unspecified atom stereocenters. The number of anilines is 2. The third-order valence-corrected chi connectivity index (χ3v) is 3.55. The minimum absolute atomic E-state index is 0.128. The van der Waals surface area contributed by atoms with Crippen LogP contribution in [-0.4, -0.2) is 8.77 Å². The summed E-state index contributed by atoms with van der Waals surface area (Å²) in [6.45, 7) is 2.00. The molecule has 3 aromatic rings. The highest BCUT2D eigenvalue weighted by molar-refractivity contribution is 14.1. The number of aryl methyl sites for hydroxylation is 1. The molecular weight excluding hydrogens is 379 g/mol. The van der Waals surface area contributed by atoms with Gasteiger partial charge in [0.25, 0.3) is 6.01 Å². The summed E-state index contributed by atoms with van der Waals surface area (Å²) >= 11 is 1.80. The first-order chi connectivity index (χ1) is 10.1. The Labute approximate surface area is 135 Å². The van der Waals surface area contributed by atoms with Gasteiger partial charge in [0.15, 0.2) is 9.37 Å². The zero-order valence-corrected chi connectivity index (χ0v) is 13.5. The average molecular weight is 392 g/mol. The van der Waals surface area contributed by atoms with Crippen LogP contribution in [0.2, 0.25) is 0 Å². The summed E-state index contributed by atoms with van der Waals surface area (Å²) in [6, 6.07) is 14.0. The van der Waals surface area contributed by atoms with Gasteiger partial charge in [-0.1, -0.05) is 24.3 Å². The summed E-state index contributed by atoms with van der Waals surface area (Å²) in [5.41, 5.74) is 4.59. The molecule has 0 amide bonds. The van der Waals surface area contributed by atoms with Gasteiger partial charge >= 0.3 is 0 Å². The third-order valence-electron chi connectivity index (χ3n) is 3.17. The quantitative estimate of drug-likeness (QED) is 0.529. The molecular formula is C16H13IN2O2. The van der Waals surface area contributed by atoms with Crippen LogP contribution in [0, 0.1) is 6.92 Å². The molecule has 106 valence electrons. The Morgan fingerprint density at radius 2 is 2.00 bits per heavy atom. The Morgan fingerprint density at radius 3 is 2.67 bits per heavy atom. The van der Waals surface area contributed by atoms with Crippen molar-refractivity contribution in [3.05, 3.63) is 53.6 Å². The molecule has 4 nitrogen and oxygen atoms in total. The Hall–Kier alpha value is -1.89. The maximum atomic E-state index is 11.1. The topological polar surface area (TPSA) is 55.1 Å². The SMILES string of the molecule is Cc1cccc2oc(Nc3ccc(CC(=O)I)cc3)nc12. The fraction of sp³-hybridized carbons (Fsp3) is 0.125. The molecule has 21 heavy (non-hydrogen) atoms. The van der Waals surface area contributed by atoms with Crippen molar-refractivity contribution in [1.29, 1.82) is 0 Å². The van der Waals surface area contributed by atoms with E-state index in [0.717, 1.165) is 27.9 Å². The van der Waals surface area contributed by atoms with Crippen LogP contribution >= 0.6 is 22.6 Å². The average Bonchev–Trinajstić information content (AvgIpc) is 2.84. The van der Waals surface area contributed by atoms with Crippen molar-refractivity contribution in [3.63, 3.8) is 0 Å². The maximum Gasteiger partial charge on any atom is 0.300 e. The third kappa shape index (κ3) is 3.24. The molecule has 0 radical (unpaired) electrons. The van der Waals surface area contributed by atoms with Gasteiger partial charge < -0.3 is 9.73 Å². The summed E-state index contributed by atoms with van der Waals surface area (Å²) in [5.74, 6) is 0. The second-order valence-electron chi connectivity index (χ2n) is 4.79. The molecule has 1 heterocycles. The van der Waals surface area contributed by atoms with Gasteiger partial charge in [-0.15, -0.1) is 0 Å². The lowest BCUT2D eigenvalue weighted by Gasteiger charge is -2.02. The highest BCUT2D eigenvalue weighted by atomic mass is 127. The molecule has 0 fully saturated rings. The summed E-state index contributed by atoms with van der Waals surface area (Å²) in [5, 5.41) is 3.14. The molecule has 0 bridgehead atoms. The van der Waals surface area contributed by atoms with Gasteiger partial charge in [0.2, 0.25) is 0 Å². The predicted octanol–water partition coefficient (Wildman–Crippen LogP) is 4.38. The number of halogens is 1. The first-order valence-corrected chi connectivity index (χ1v) is 7.60. The highest BCUT2D eigenvalue weighted by Gasteiger charge is 2.07. The summed E-state index contributed by atoms with van der Waals surface area (Å²) in [4.78, 5) is 15.5. The van der Waals surface area contributed by atoms with Crippen LogP contribution in [-0.2, 0) is 11.2 Å². The molecule has 0 aliphatic heterocycles. The van der Waals surface area contributed by atoms with E-state index in [1.165, 1.54) is 0 Å². The number of carbonyl (C=O) groups is 1. The number of oxazole rings is 1. The van der Waals surface area contributed by atoms with Gasteiger partial charge in [0, 0.05) is 12.1 Å². The number of hydrogen-bond acceptors (Lipinski definition) is 4. The molecule has 0 spiro atoms. The molecule has 0 saturated carbocycles. The Morgan fingerprint density at radius 1 is 1.24 bits per heavy atom. The van der Waals surface area contributed by atoms with Crippen LogP contribution in [0.15, 0.2) is 46.9 Å². The van der Waals surface area contributed by atoms with Gasteiger partial charge in [-0.3, -0.25) is 4.79 Å². The van der Waals surface area contributed by atoms with Crippen LogP contribution in [0.1, 0.15) is 11.1 Å². The molecule has 5 heteroatoms. The standard InChI is InChI=1S/C16H13IN2O2/c1-10-3-2-4-13-15(10)19-16(21-13)18-12-7-5-11(6-8-12)9-14(17)20/h2-8H,9H2,1H3,(H,18,19). The van der Waals surface area contributed by atoms with E-state index in [2.05, 4.69) is 10.3 Å².